The number of nitrogens with one attached hydrogen (secondary N) is 1. The van der Waals surface area contributed by atoms with Gasteiger partial charge in [0.25, 0.3) is 5.91 Å². The molecule has 6 nitrogen and oxygen atoms in total. The number of halogens is 2. The van der Waals surface area contributed by atoms with Crippen molar-refractivity contribution in [3.63, 3.8) is 0 Å². The Balaban J connectivity index is 1.85. The third-order valence-electron chi connectivity index (χ3n) is 4.24. The zero-order chi connectivity index (χ0) is 18.7. The van der Waals surface area contributed by atoms with Crippen molar-refractivity contribution in [2.75, 3.05) is 42.3 Å². The topological polar surface area (TPSA) is 61.4 Å². The second-order valence-corrected chi connectivity index (χ2v) is 6.43. The third kappa shape index (κ3) is 3.89. The fourth-order valence-corrected chi connectivity index (χ4v) is 2.90. The summed E-state index contributed by atoms with van der Waals surface area (Å²) in [7, 11) is 3.60. The maximum Gasteiger partial charge on any atom is 0.258 e. The summed E-state index contributed by atoms with van der Waals surface area (Å²) in [6, 6.07) is 2.83. The monoisotopic (exact) mass is 361 g/mol. The van der Waals surface area contributed by atoms with Crippen molar-refractivity contribution in [2.24, 2.45) is 0 Å². The summed E-state index contributed by atoms with van der Waals surface area (Å²) in [5.74, 6) is -1.20. The summed E-state index contributed by atoms with van der Waals surface area (Å²) in [5, 5.41) is 2.61. The molecule has 1 aromatic heterocycles. The minimum absolute atomic E-state index is 0.240. The highest BCUT2D eigenvalue weighted by Crippen LogP contribution is 2.26. The summed E-state index contributed by atoms with van der Waals surface area (Å²) in [4.78, 5) is 25.1. The molecular weight excluding hydrogens is 340 g/mol. The van der Waals surface area contributed by atoms with E-state index < -0.39 is 17.5 Å². The minimum Gasteiger partial charge on any atom is -0.361 e. The predicted molar refractivity (Wildman–Crippen MR) is 96.7 cm³/mol. The third-order valence-corrected chi connectivity index (χ3v) is 4.24. The number of rotatable bonds is 4. The van der Waals surface area contributed by atoms with Crippen LogP contribution in [0.4, 0.5) is 26.2 Å². The van der Waals surface area contributed by atoms with Crippen molar-refractivity contribution in [2.45, 2.75) is 19.3 Å². The summed E-state index contributed by atoms with van der Waals surface area (Å²) >= 11 is 0. The number of carbonyl (C=O) groups is 1. The number of aromatic nitrogens is 2. The van der Waals surface area contributed by atoms with Gasteiger partial charge < -0.3 is 15.1 Å². The highest BCUT2D eigenvalue weighted by atomic mass is 19.1. The highest BCUT2D eigenvalue weighted by Gasteiger charge is 2.19. The van der Waals surface area contributed by atoms with Gasteiger partial charge in [0.05, 0.1) is 11.8 Å². The molecule has 1 aromatic carbocycles. The van der Waals surface area contributed by atoms with Crippen LogP contribution in [0.25, 0.3) is 0 Å². The molecule has 1 amide bonds. The van der Waals surface area contributed by atoms with E-state index in [0.29, 0.717) is 23.5 Å². The lowest BCUT2D eigenvalue weighted by Gasteiger charge is -2.28. The van der Waals surface area contributed by atoms with E-state index in [9.17, 15) is 13.6 Å². The van der Waals surface area contributed by atoms with E-state index in [0.717, 1.165) is 38.1 Å². The van der Waals surface area contributed by atoms with Crippen molar-refractivity contribution in [3.05, 3.63) is 41.6 Å². The van der Waals surface area contributed by atoms with Gasteiger partial charge in [0.2, 0.25) is 5.95 Å². The van der Waals surface area contributed by atoms with Crippen molar-refractivity contribution in [1.29, 1.82) is 0 Å². The van der Waals surface area contributed by atoms with Crippen molar-refractivity contribution < 1.29 is 13.6 Å². The number of carbonyl (C=O) groups excluding carboxylic acids is 1. The molecule has 0 spiro atoms. The zero-order valence-corrected chi connectivity index (χ0v) is 14.8. The van der Waals surface area contributed by atoms with Gasteiger partial charge in [0.15, 0.2) is 5.82 Å². The van der Waals surface area contributed by atoms with E-state index in [1.165, 1.54) is 12.6 Å². The van der Waals surface area contributed by atoms with Gasteiger partial charge in [0.1, 0.15) is 17.3 Å². The number of anilines is 3. The Hall–Kier alpha value is -2.77. The van der Waals surface area contributed by atoms with E-state index in [1.54, 1.807) is 19.0 Å². The van der Waals surface area contributed by atoms with Crippen LogP contribution in [0.1, 0.15) is 29.6 Å². The SMILES string of the molecule is CN(C)c1nc(N2CCCCC2)ncc1NC(=O)c1ccc(F)cc1F. The van der Waals surface area contributed by atoms with E-state index in [-0.39, 0.29) is 5.56 Å². The Kier molecular flexibility index (Phi) is 5.29. The fourth-order valence-electron chi connectivity index (χ4n) is 2.90. The molecule has 8 heteroatoms. The van der Waals surface area contributed by atoms with Gasteiger partial charge in [-0.2, -0.15) is 4.98 Å². The zero-order valence-electron chi connectivity index (χ0n) is 14.8. The lowest BCUT2D eigenvalue weighted by molar-refractivity contribution is 0.102. The number of piperidine rings is 1. The molecule has 1 saturated heterocycles. The predicted octanol–water partition coefficient (Wildman–Crippen LogP) is 3.06. The molecule has 0 bridgehead atoms. The maximum absolute atomic E-state index is 13.8. The molecule has 0 unspecified atom stereocenters. The van der Waals surface area contributed by atoms with E-state index >= 15 is 0 Å². The average molecular weight is 361 g/mol. The van der Waals surface area contributed by atoms with Crippen LogP contribution in [0, 0.1) is 11.6 Å². The van der Waals surface area contributed by atoms with Crippen LogP contribution in [-0.2, 0) is 0 Å². The Morgan fingerprint density at radius 3 is 2.58 bits per heavy atom. The van der Waals surface area contributed by atoms with Gasteiger partial charge in [0, 0.05) is 33.3 Å². The Morgan fingerprint density at radius 1 is 1.19 bits per heavy atom. The van der Waals surface area contributed by atoms with Gasteiger partial charge in [-0.3, -0.25) is 4.79 Å². The smallest absolute Gasteiger partial charge is 0.258 e. The molecule has 0 radical (unpaired) electrons. The molecule has 1 aliphatic rings. The second-order valence-electron chi connectivity index (χ2n) is 6.43. The first kappa shape index (κ1) is 18.0. The standard InChI is InChI=1S/C18H21F2N5O/c1-24(2)16-15(11-21-18(23-16)25-8-4-3-5-9-25)22-17(26)13-7-6-12(19)10-14(13)20/h6-7,10-11H,3-5,8-9H2,1-2H3,(H,22,26). The maximum atomic E-state index is 13.8. The number of amides is 1. The Bertz CT molecular complexity index is 806. The molecule has 1 fully saturated rings. The van der Waals surface area contributed by atoms with Gasteiger partial charge >= 0.3 is 0 Å². The van der Waals surface area contributed by atoms with Gasteiger partial charge in [-0.05, 0) is 31.4 Å². The summed E-state index contributed by atoms with van der Waals surface area (Å²) in [5.41, 5.74) is 0.126. The minimum atomic E-state index is -0.917. The molecule has 0 atom stereocenters. The second kappa shape index (κ2) is 7.63. The molecule has 0 saturated carbocycles. The molecular formula is C18H21F2N5O. The van der Waals surface area contributed by atoms with Gasteiger partial charge in [-0.15, -0.1) is 0 Å². The van der Waals surface area contributed by atoms with Crippen LogP contribution in [0.3, 0.4) is 0 Å². The largest absolute Gasteiger partial charge is 0.361 e. The number of hydrogen-bond donors (Lipinski definition) is 1. The highest BCUT2D eigenvalue weighted by molar-refractivity contribution is 6.05. The number of nitrogens with zero attached hydrogens (tertiary/aromatic N) is 4. The summed E-state index contributed by atoms with van der Waals surface area (Å²) in [6.07, 6.45) is 4.92. The van der Waals surface area contributed by atoms with E-state index in [2.05, 4.69) is 20.2 Å². The van der Waals surface area contributed by atoms with Crippen LogP contribution < -0.4 is 15.1 Å². The molecule has 1 N–H and O–H groups in total. The Labute approximate surface area is 150 Å². The van der Waals surface area contributed by atoms with E-state index in [4.69, 9.17) is 0 Å². The van der Waals surface area contributed by atoms with Crippen molar-refractivity contribution >= 4 is 23.4 Å². The molecule has 0 aliphatic carbocycles. The summed E-state index contributed by atoms with van der Waals surface area (Å²) < 4.78 is 26.8. The van der Waals surface area contributed by atoms with Gasteiger partial charge in [-0.1, -0.05) is 0 Å². The molecule has 1 aliphatic heterocycles. The first-order valence-electron chi connectivity index (χ1n) is 8.51. The first-order chi connectivity index (χ1) is 12.5. The van der Waals surface area contributed by atoms with Gasteiger partial charge in [-0.25, -0.2) is 13.8 Å². The molecule has 2 aromatic rings. The fraction of sp³-hybridized carbons (Fsp3) is 0.389. The normalized spacial score (nSPS) is 14.2. The summed E-state index contributed by atoms with van der Waals surface area (Å²) in [6.45, 7) is 1.80. The van der Waals surface area contributed by atoms with Crippen LogP contribution in [0.5, 0.6) is 0 Å². The molecule has 138 valence electrons. The lowest BCUT2D eigenvalue weighted by atomic mass is 10.1. The van der Waals surface area contributed by atoms with Crippen LogP contribution in [-0.4, -0.2) is 43.1 Å². The Morgan fingerprint density at radius 2 is 1.92 bits per heavy atom. The number of benzene rings is 1. The lowest BCUT2D eigenvalue weighted by Crippen LogP contribution is -2.31. The van der Waals surface area contributed by atoms with Crippen molar-refractivity contribution in [3.8, 4) is 0 Å². The van der Waals surface area contributed by atoms with Crippen LogP contribution >= 0.6 is 0 Å². The number of hydrogen-bond acceptors (Lipinski definition) is 5. The molecule has 26 heavy (non-hydrogen) atoms. The molecule has 2 heterocycles. The quantitative estimate of drug-likeness (QED) is 0.907. The van der Waals surface area contributed by atoms with Crippen LogP contribution in [0.15, 0.2) is 24.4 Å². The first-order valence-corrected chi connectivity index (χ1v) is 8.51. The van der Waals surface area contributed by atoms with Crippen molar-refractivity contribution in [1.82, 2.24) is 9.97 Å². The van der Waals surface area contributed by atoms with E-state index in [1.807, 2.05) is 0 Å². The average Bonchev–Trinajstić information content (AvgIpc) is 2.62. The van der Waals surface area contributed by atoms with Crippen LogP contribution in [0.2, 0.25) is 0 Å². The molecule has 3 rings (SSSR count).